The highest BCUT2D eigenvalue weighted by Gasteiger charge is 2.37. The molecule has 3 rings (SSSR count). The van der Waals surface area contributed by atoms with Gasteiger partial charge in [-0.05, 0) is 40.1 Å². The van der Waals surface area contributed by atoms with Crippen LogP contribution in [0.25, 0.3) is 0 Å². The van der Waals surface area contributed by atoms with Gasteiger partial charge < -0.3 is 24.4 Å². The Labute approximate surface area is 132 Å². The second-order valence-electron chi connectivity index (χ2n) is 6.88. The first kappa shape index (κ1) is 15.4. The zero-order chi connectivity index (χ0) is 15.7. The number of likely N-dealkylation sites (N-methyl/N-ethyl adjacent to an activating group) is 1. The maximum atomic E-state index is 6.22. The minimum absolute atomic E-state index is 0.223. The van der Waals surface area contributed by atoms with Crippen LogP contribution in [0.3, 0.4) is 0 Å². The summed E-state index contributed by atoms with van der Waals surface area (Å²) in [6, 6.07) is 4.37. The number of hydrogen-bond donors (Lipinski definition) is 1. The van der Waals surface area contributed by atoms with E-state index in [1.807, 2.05) is 6.07 Å². The van der Waals surface area contributed by atoms with Crippen molar-refractivity contribution in [3.63, 3.8) is 0 Å². The number of fused-ring (bicyclic) bond motifs is 3. The first-order chi connectivity index (χ1) is 10.5. The highest BCUT2D eigenvalue weighted by Crippen LogP contribution is 2.49. The van der Waals surface area contributed by atoms with Crippen molar-refractivity contribution in [3.05, 3.63) is 17.7 Å². The first-order valence-electron chi connectivity index (χ1n) is 7.96. The molecule has 0 spiro atoms. The van der Waals surface area contributed by atoms with Gasteiger partial charge >= 0.3 is 0 Å². The molecule has 0 aromatic heterocycles. The van der Waals surface area contributed by atoms with E-state index in [0.717, 1.165) is 36.8 Å². The molecule has 1 aromatic rings. The van der Waals surface area contributed by atoms with Gasteiger partial charge in [0, 0.05) is 31.1 Å². The van der Waals surface area contributed by atoms with Crippen LogP contribution in [-0.2, 0) is 0 Å². The minimum atomic E-state index is -0.223. The predicted molar refractivity (Wildman–Crippen MR) is 86.1 cm³/mol. The maximum absolute atomic E-state index is 6.22. The summed E-state index contributed by atoms with van der Waals surface area (Å²) < 4.78 is 17.7. The summed E-state index contributed by atoms with van der Waals surface area (Å²) in [5.74, 6) is 2.39. The van der Waals surface area contributed by atoms with Crippen molar-refractivity contribution in [1.82, 2.24) is 10.2 Å². The lowest BCUT2D eigenvalue weighted by Gasteiger charge is -2.39. The lowest BCUT2D eigenvalue weighted by molar-refractivity contribution is 0.0562. The van der Waals surface area contributed by atoms with E-state index < -0.39 is 0 Å². The molecule has 1 aromatic carbocycles. The molecule has 22 heavy (non-hydrogen) atoms. The third-order valence-electron chi connectivity index (χ3n) is 4.09. The van der Waals surface area contributed by atoms with Crippen LogP contribution >= 0.6 is 0 Å². The molecule has 0 saturated carbocycles. The first-order valence-corrected chi connectivity index (χ1v) is 7.96. The van der Waals surface area contributed by atoms with Crippen molar-refractivity contribution in [3.8, 4) is 17.2 Å². The number of ether oxygens (including phenoxy) is 3. The number of hydrogen-bond acceptors (Lipinski definition) is 5. The predicted octanol–water partition coefficient (Wildman–Crippen LogP) is 2.21. The molecule has 5 nitrogen and oxygen atoms in total. The molecule has 2 aliphatic rings. The van der Waals surface area contributed by atoms with E-state index in [2.05, 4.69) is 44.2 Å². The van der Waals surface area contributed by atoms with E-state index in [1.165, 1.54) is 5.56 Å². The smallest absolute Gasteiger partial charge is 0.204 e. The summed E-state index contributed by atoms with van der Waals surface area (Å²) in [6.07, 6.45) is 0.938. The normalized spacial score (nSPS) is 22.1. The molecule has 122 valence electrons. The van der Waals surface area contributed by atoms with Crippen molar-refractivity contribution in [2.24, 2.45) is 0 Å². The average molecular weight is 306 g/mol. The van der Waals surface area contributed by atoms with E-state index >= 15 is 0 Å². The Morgan fingerprint density at radius 2 is 1.95 bits per heavy atom. The van der Waals surface area contributed by atoms with Crippen LogP contribution < -0.4 is 19.5 Å². The Morgan fingerprint density at radius 1 is 1.18 bits per heavy atom. The third-order valence-corrected chi connectivity index (χ3v) is 4.09. The van der Waals surface area contributed by atoms with E-state index in [9.17, 15) is 0 Å². The van der Waals surface area contributed by atoms with Crippen LogP contribution in [0.5, 0.6) is 17.2 Å². The number of benzene rings is 1. The largest absolute Gasteiger partial charge is 0.486 e. The molecular formula is C17H26N2O3. The van der Waals surface area contributed by atoms with Crippen LogP contribution in [0.15, 0.2) is 12.1 Å². The van der Waals surface area contributed by atoms with Crippen LogP contribution in [0.1, 0.15) is 31.9 Å². The molecule has 0 bridgehead atoms. The van der Waals surface area contributed by atoms with Gasteiger partial charge in [-0.25, -0.2) is 0 Å². The molecule has 5 heteroatoms. The molecule has 0 aliphatic carbocycles. The molecule has 2 heterocycles. The van der Waals surface area contributed by atoms with Crippen LogP contribution in [-0.4, -0.2) is 50.9 Å². The van der Waals surface area contributed by atoms with Gasteiger partial charge in [0.05, 0.1) is 0 Å². The highest BCUT2D eigenvalue weighted by atomic mass is 16.6. The molecule has 0 fully saturated rings. The van der Waals surface area contributed by atoms with Gasteiger partial charge in [-0.15, -0.1) is 0 Å². The van der Waals surface area contributed by atoms with Crippen molar-refractivity contribution < 1.29 is 14.2 Å². The SMILES string of the molecule is CN(C)CCNC1CC(C)(C)Oc2c1ccc1c2OCCO1. The minimum Gasteiger partial charge on any atom is -0.486 e. The number of nitrogens with one attached hydrogen (secondary N) is 1. The molecule has 0 amide bonds. The summed E-state index contributed by atoms with van der Waals surface area (Å²) in [5.41, 5.74) is 0.945. The van der Waals surface area contributed by atoms with Crippen LogP contribution in [0, 0.1) is 0 Å². The lowest BCUT2D eigenvalue weighted by atomic mass is 9.89. The molecule has 0 saturated heterocycles. The van der Waals surface area contributed by atoms with Crippen LogP contribution in [0.4, 0.5) is 0 Å². The molecule has 2 aliphatic heterocycles. The highest BCUT2D eigenvalue weighted by molar-refractivity contribution is 5.58. The number of rotatable bonds is 4. The Bertz CT molecular complexity index is 543. The number of nitrogens with zero attached hydrogens (tertiary/aromatic N) is 1. The second kappa shape index (κ2) is 5.97. The Hall–Kier alpha value is -1.46. The lowest BCUT2D eigenvalue weighted by Crippen LogP contribution is -2.41. The van der Waals surface area contributed by atoms with Crippen molar-refractivity contribution in [2.75, 3.05) is 40.4 Å². The maximum Gasteiger partial charge on any atom is 0.204 e. The molecule has 1 unspecified atom stereocenters. The summed E-state index contributed by atoms with van der Waals surface area (Å²) in [5, 5.41) is 3.65. The molecule has 0 radical (unpaired) electrons. The Morgan fingerprint density at radius 3 is 2.73 bits per heavy atom. The van der Waals surface area contributed by atoms with Gasteiger partial charge in [-0.1, -0.05) is 0 Å². The van der Waals surface area contributed by atoms with Crippen molar-refractivity contribution in [2.45, 2.75) is 31.9 Å². The Kier molecular flexibility index (Phi) is 4.19. The van der Waals surface area contributed by atoms with Gasteiger partial charge in [0.25, 0.3) is 0 Å². The topological polar surface area (TPSA) is 43.0 Å². The van der Waals surface area contributed by atoms with E-state index in [0.29, 0.717) is 13.2 Å². The van der Waals surface area contributed by atoms with E-state index in [-0.39, 0.29) is 11.6 Å². The summed E-state index contributed by atoms with van der Waals surface area (Å²) in [4.78, 5) is 2.18. The van der Waals surface area contributed by atoms with Gasteiger partial charge in [0.1, 0.15) is 18.8 Å². The molecule has 1 atom stereocenters. The fourth-order valence-corrected chi connectivity index (χ4v) is 3.05. The zero-order valence-electron chi connectivity index (χ0n) is 13.9. The summed E-state index contributed by atoms with van der Waals surface area (Å²) in [6.45, 7) is 7.38. The molecular weight excluding hydrogens is 280 g/mol. The zero-order valence-corrected chi connectivity index (χ0v) is 13.9. The van der Waals surface area contributed by atoms with Crippen LogP contribution in [0.2, 0.25) is 0 Å². The van der Waals surface area contributed by atoms with Gasteiger partial charge in [0.15, 0.2) is 11.5 Å². The second-order valence-corrected chi connectivity index (χ2v) is 6.88. The summed E-state index contributed by atoms with van der Waals surface area (Å²) >= 11 is 0. The quantitative estimate of drug-likeness (QED) is 0.924. The monoisotopic (exact) mass is 306 g/mol. The van der Waals surface area contributed by atoms with E-state index in [1.54, 1.807) is 0 Å². The van der Waals surface area contributed by atoms with E-state index in [4.69, 9.17) is 14.2 Å². The molecule has 1 N–H and O–H groups in total. The van der Waals surface area contributed by atoms with Gasteiger partial charge in [0.2, 0.25) is 5.75 Å². The van der Waals surface area contributed by atoms with Gasteiger partial charge in [-0.2, -0.15) is 0 Å². The average Bonchev–Trinajstić information content (AvgIpc) is 2.45. The standard InChI is InChI=1S/C17H26N2O3/c1-17(2)11-13(18-7-8-19(3)4)12-5-6-14-16(15(12)22-17)21-10-9-20-14/h5-6,13,18H,7-11H2,1-4H3. The third kappa shape index (κ3) is 3.15. The fraction of sp³-hybridized carbons (Fsp3) is 0.647. The van der Waals surface area contributed by atoms with Crippen molar-refractivity contribution in [1.29, 1.82) is 0 Å². The van der Waals surface area contributed by atoms with Crippen molar-refractivity contribution >= 4 is 0 Å². The fourth-order valence-electron chi connectivity index (χ4n) is 3.05. The summed E-state index contributed by atoms with van der Waals surface area (Å²) in [7, 11) is 4.18. The van der Waals surface area contributed by atoms with Gasteiger partial charge in [-0.3, -0.25) is 0 Å². The Balaban J connectivity index is 1.88.